The van der Waals surface area contributed by atoms with Gasteiger partial charge in [-0.15, -0.1) is 0 Å². The number of aliphatic carboxylic acids is 1. The van der Waals surface area contributed by atoms with E-state index in [1.54, 1.807) is 12.1 Å². The van der Waals surface area contributed by atoms with Gasteiger partial charge in [0.1, 0.15) is 11.9 Å². The molecule has 1 fully saturated rings. The van der Waals surface area contributed by atoms with E-state index >= 15 is 0 Å². The quantitative estimate of drug-likeness (QED) is 0.854. The number of carboxylic acid groups (broad SMARTS) is 1. The number of carboxylic acids is 1. The minimum atomic E-state index is -0.827. The van der Waals surface area contributed by atoms with Gasteiger partial charge in [-0.2, -0.15) is 5.26 Å². The van der Waals surface area contributed by atoms with Crippen molar-refractivity contribution in [3.05, 3.63) is 23.4 Å². The molecule has 0 radical (unpaired) electrons. The van der Waals surface area contributed by atoms with Crippen molar-refractivity contribution in [3.63, 3.8) is 0 Å². The van der Waals surface area contributed by atoms with Crippen molar-refractivity contribution in [1.82, 2.24) is 4.98 Å². The number of hydrogen-bond donors (Lipinski definition) is 1. The smallest absolute Gasteiger partial charge is 0.305 e. The van der Waals surface area contributed by atoms with Gasteiger partial charge >= 0.3 is 5.97 Å². The van der Waals surface area contributed by atoms with E-state index in [9.17, 15) is 4.79 Å². The lowest BCUT2D eigenvalue weighted by molar-refractivity contribution is -0.136. The zero-order valence-corrected chi connectivity index (χ0v) is 10.3. The summed E-state index contributed by atoms with van der Waals surface area (Å²) in [7, 11) is 0. The van der Waals surface area contributed by atoms with E-state index in [0.29, 0.717) is 24.0 Å². The number of aromatic nitrogens is 1. The average Bonchev–Trinajstić information content (AvgIpc) is 3.14. The average molecular weight is 245 g/mol. The van der Waals surface area contributed by atoms with Crippen molar-refractivity contribution in [2.75, 3.05) is 11.4 Å². The van der Waals surface area contributed by atoms with E-state index in [4.69, 9.17) is 10.4 Å². The van der Waals surface area contributed by atoms with Crippen molar-refractivity contribution < 1.29 is 9.90 Å². The van der Waals surface area contributed by atoms with Crippen LogP contribution in [0.1, 0.15) is 30.5 Å². The molecule has 0 atom stereocenters. The summed E-state index contributed by atoms with van der Waals surface area (Å²) in [5.41, 5.74) is 1.35. The maximum Gasteiger partial charge on any atom is 0.305 e. The minimum Gasteiger partial charge on any atom is -0.481 e. The SMILES string of the molecule is Cc1ccc(C#N)c(N(CCC(=O)O)C2CC2)n1. The third-order valence-corrected chi connectivity index (χ3v) is 2.96. The van der Waals surface area contributed by atoms with E-state index in [-0.39, 0.29) is 6.42 Å². The second kappa shape index (κ2) is 5.05. The first-order valence-electron chi connectivity index (χ1n) is 5.98. The number of aryl methyl sites for hydroxylation is 1. The Bertz CT molecular complexity index is 503. The molecule has 0 aromatic carbocycles. The molecule has 5 nitrogen and oxygen atoms in total. The summed E-state index contributed by atoms with van der Waals surface area (Å²) in [6, 6.07) is 6.00. The Morgan fingerprint density at radius 2 is 2.33 bits per heavy atom. The Morgan fingerprint density at radius 1 is 1.61 bits per heavy atom. The highest BCUT2D eigenvalue weighted by atomic mass is 16.4. The number of hydrogen-bond acceptors (Lipinski definition) is 4. The fourth-order valence-corrected chi connectivity index (χ4v) is 1.91. The van der Waals surface area contributed by atoms with Crippen LogP contribution in [0.5, 0.6) is 0 Å². The molecule has 1 aromatic rings. The van der Waals surface area contributed by atoms with Crippen LogP contribution in [0, 0.1) is 18.3 Å². The number of carbonyl (C=O) groups is 1. The molecule has 1 saturated carbocycles. The van der Waals surface area contributed by atoms with E-state index in [2.05, 4.69) is 11.1 Å². The molecule has 18 heavy (non-hydrogen) atoms. The third kappa shape index (κ3) is 2.77. The standard InChI is InChI=1S/C13H15N3O2/c1-9-2-3-10(8-14)13(15-9)16(11-4-5-11)7-6-12(17)18/h2-3,11H,4-7H2,1H3,(H,17,18). The van der Waals surface area contributed by atoms with E-state index in [1.807, 2.05) is 11.8 Å². The van der Waals surface area contributed by atoms with Gasteiger partial charge in [0.15, 0.2) is 0 Å². The maximum absolute atomic E-state index is 10.7. The van der Waals surface area contributed by atoms with E-state index in [0.717, 1.165) is 18.5 Å². The molecular formula is C13H15N3O2. The van der Waals surface area contributed by atoms with Gasteiger partial charge in [-0.25, -0.2) is 4.98 Å². The summed E-state index contributed by atoms with van der Waals surface area (Å²) >= 11 is 0. The summed E-state index contributed by atoms with van der Waals surface area (Å²) in [6.07, 6.45) is 2.15. The van der Waals surface area contributed by atoms with Crippen LogP contribution in [0.2, 0.25) is 0 Å². The second-order valence-corrected chi connectivity index (χ2v) is 4.50. The Hall–Kier alpha value is -2.09. The van der Waals surface area contributed by atoms with Gasteiger partial charge in [0.2, 0.25) is 0 Å². The van der Waals surface area contributed by atoms with E-state index in [1.165, 1.54) is 0 Å². The number of nitriles is 1. The van der Waals surface area contributed by atoms with Crippen LogP contribution >= 0.6 is 0 Å². The molecule has 94 valence electrons. The monoisotopic (exact) mass is 245 g/mol. The Balaban J connectivity index is 2.27. The molecule has 5 heteroatoms. The van der Waals surface area contributed by atoms with Crippen LogP contribution < -0.4 is 4.90 Å². The highest BCUT2D eigenvalue weighted by Gasteiger charge is 2.31. The molecule has 1 aromatic heterocycles. The predicted octanol–water partition coefficient (Wildman–Crippen LogP) is 1.71. The lowest BCUT2D eigenvalue weighted by Gasteiger charge is -2.23. The zero-order valence-electron chi connectivity index (χ0n) is 10.3. The van der Waals surface area contributed by atoms with Gasteiger partial charge in [0, 0.05) is 18.3 Å². The molecule has 0 aliphatic heterocycles. The number of anilines is 1. The highest BCUT2D eigenvalue weighted by Crippen LogP contribution is 2.32. The molecule has 1 aliphatic carbocycles. The fraction of sp³-hybridized carbons (Fsp3) is 0.462. The van der Waals surface area contributed by atoms with Crippen LogP contribution in [-0.4, -0.2) is 28.6 Å². The molecule has 0 spiro atoms. The summed E-state index contributed by atoms with van der Waals surface area (Å²) < 4.78 is 0. The Morgan fingerprint density at radius 3 is 2.89 bits per heavy atom. The summed E-state index contributed by atoms with van der Waals surface area (Å²) in [6.45, 7) is 2.28. The van der Waals surface area contributed by atoms with Gasteiger partial charge in [0.25, 0.3) is 0 Å². The van der Waals surface area contributed by atoms with Crippen molar-refractivity contribution in [1.29, 1.82) is 5.26 Å². The molecule has 1 heterocycles. The Kier molecular flexibility index (Phi) is 3.47. The third-order valence-electron chi connectivity index (χ3n) is 2.96. The van der Waals surface area contributed by atoms with Crippen LogP contribution in [0.3, 0.4) is 0 Å². The molecule has 1 N–H and O–H groups in total. The van der Waals surface area contributed by atoms with Crippen LogP contribution in [0.25, 0.3) is 0 Å². The van der Waals surface area contributed by atoms with Crippen molar-refractivity contribution in [2.45, 2.75) is 32.2 Å². The first-order chi connectivity index (χ1) is 8.61. The molecule has 1 aliphatic rings. The lowest BCUT2D eigenvalue weighted by Crippen LogP contribution is -2.30. The van der Waals surface area contributed by atoms with Gasteiger partial charge in [-0.1, -0.05) is 0 Å². The van der Waals surface area contributed by atoms with Gasteiger partial charge in [0.05, 0.1) is 12.0 Å². The zero-order chi connectivity index (χ0) is 13.1. The highest BCUT2D eigenvalue weighted by molar-refractivity contribution is 5.68. The largest absolute Gasteiger partial charge is 0.481 e. The molecule has 0 saturated heterocycles. The van der Waals surface area contributed by atoms with Crippen molar-refractivity contribution >= 4 is 11.8 Å². The normalized spacial score (nSPS) is 14.0. The van der Waals surface area contributed by atoms with Gasteiger partial charge in [-0.3, -0.25) is 4.79 Å². The number of pyridine rings is 1. The van der Waals surface area contributed by atoms with Crippen LogP contribution in [-0.2, 0) is 4.79 Å². The minimum absolute atomic E-state index is 0.0665. The molecule has 0 unspecified atom stereocenters. The van der Waals surface area contributed by atoms with Crippen LogP contribution in [0.15, 0.2) is 12.1 Å². The molecule has 2 rings (SSSR count). The first-order valence-corrected chi connectivity index (χ1v) is 5.98. The second-order valence-electron chi connectivity index (χ2n) is 4.50. The summed E-state index contributed by atoms with van der Waals surface area (Å²) in [5.74, 6) is -0.201. The number of rotatable bonds is 5. The Labute approximate surface area is 106 Å². The van der Waals surface area contributed by atoms with Gasteiger partial charge < -0.3 is 10.0 Å². The van der Waals surface area contributed by atoms with E-state index < -0.39 is 5.97 Å². The lowest BCUT2D eigenvalue weighted by atomic mass is 10.2. The van der Waals surface area contributed by atoms with Crippen molar-refractivity contribution in [3.8, 4) is 6.07 Å². The predicted molar refractivity (Wildman–Crippen MR) is 66.3 cm³/mol. The van der Waals surface area contributed by atoms with Gasteiger partial charge in [-0.05, 0) is 31.9 Å². The number of nitrogens with zero attached hydrogens (tertiary/aromatic N) is 3. The molecule has 0 amide bonds. The first kappa shape index (κ1) is 12.4. The molecular weight excluding hydrogens is 230 g/mol. The van der Waals surface area contributed by atoms with Crippen LogP contribution in [0.4, 0.5) is 5.82 Å². The summed E-state index contributed by atoms with van der Waals surface area (Å²) in [4.78, 5) is 17.0. The fourth-order valence-electron chi connectivity index (χ4n) is 1.91. The topological polar surface area (TPSA) is 77.2 Å². The van der Waals surface area contributed by atoms with Crippen molar-refractivity contribution in [2.24, 2.45) is 0 Å². The molecule has 0 bridgehead atoms. The maximum atomic E-state index is 10.7. The summed E-state index contributed by atoms with van der Waals surface area (Å²) in [5, 5.41) is 17.9.